The fourth-order valence-corrected chi connectivity index (χ4v) is 5.26. The quantitative estimate of drug-likeness (QED) is 0.681. The molecule has 0 atom stereocenters. The Labute approximate surface area is 160 Å². The number of nitrogens with two attached hydrogens (primary N) is 1. The number of aromatic nitrogens is 2. The first-order valence-corrected chi connectivity index (χ1v) is 9.71. The largest absolute Gasteiger partial charge is 0.384 e. The Kier molecular flexibility index (Phi) is 3.62. The van der Waals surface area contributed by atoms with Crippen molar-refractivity contribution in [3.8, 4) is 11.3 Å². The zero-order valence-electron chi connectivity index (χ0n) is 15.0. The van der Waals surface area contributed by atoms with E-state index in [0.29, 0.717) is 5.82 Å². The molecular weight excluding hydrogens is 360 g/mol. The highest BCUT2D eigenvalue weighted by Crippen LogP contribution is 2.59. The summed E-state index contributed by atoms with van der Waals surface area (Å²) in [6.45, 7) is 1.55. The molecule has 3 N–H and O–H groups in total. The Morgan fingerprint density at radius 3 is 2.81 bits per heavy atom. The lowest BCUT2D eigenvalue weighted by Crippen LogP contribution is -2.59. The molecule has 1 aliphatic carbocycles. The standard InChI is InChI=1S/C20H20N4O2S/c1-22-6-14-4-13(7-23-17(14)21)15-3-2-12-5-16(27-18(12)24-15)20(25)8-19(9-20)10-26-11-19/h2-7,25H,8-11H2,1H3,(H2,21,23). The van der Waals surface area contributed by atoms with Crippen LogP contribution >= 0.6 is 11.3 Å². The van der Waals surface area contributed by atoms with Gasteiger partial charge in [0.05, 0.1) is 18.9 Å². The van der Waals surface area contributed by atoms with E-state index in [2.05, 4.69) is 16.0 Å². The molecule has 0 amide bonds. The molecule has 0 radical (unpaired) electrons. The molecule has 3 aromatic heterocycles. The maximum atomic E-state index is 11.0. The normalized spacial score (nSPS) is 20.1. The van der Waals surface area contributed by atoms with Crippen LogP contribution in [0.4, 0.5) is 5.82 Å². The predicted octanol–water partition coefficient (Wildman–Crippen LogP) is 2.99. The molecule has 1 aliphatic heterocycles. The predicted molar refractivity (Wildman–Crippen MR) is 107 cm³/mol. The van der Waals surface area contributed by atoms with Gasteiger partial charge in [-0.3, -0.25) is 4.99 Å². The average molecular weight is 380 g/mol. The van der Waals surface area contributed by atoms with Crippen LogP contribution in [0.3, 0.4) is 0 Å². The number of hydrogen-bond acceptors (Lipinski definition) is 7. The summed E-state index contributed by atoms with van der Waals surface area (Å²) in [6, 6.07) is 8.04. The molecule has 1 saturated carbocycles. The van der Waals surface area contributed by atoms with Gasteiger partial charge < -0.3 is 15.6 Å². The second-order valence-electron chi connectivity index (χ2n) is 7.67. The Bertz CT molecular complexity index is 1060. The van der Waals surface area contributed by atoms with E-state index in [0.717, 1.165) is 58.0 Å². The molecular formula is C20H20N4O2S. The summed E-state index contributed by atoms with van der Waals surface area (Å²) in [7, 11) is 1.70. The van der Waals surface area contributed by atoms with Gasteiger partial charge in [-0.05, 0) is 37.1 Å². The van der Waals surface area contributed by atoms with Gasteiger partial charge in [0.25, 0.3) is 0 Å². The average Bonchev–Trinajstić information content (AvgIpc) is 3.03. The Morgan fingerprint density at radius 1 is 1.30 bits per heavy atom. The van der Waals surface area contributed by atoms with Crippen molar-refractivity contribution in [3.63, 3.8) is 0 Å². The van der Waals surface area contributed by atoms with E-state index in [1.54, 1.807) is 30.8 Å². The van der Waals surface area contributed by atoms with Crippen LogP contribution in [0.5, 0.6) is 0 Å². The summed E-state index contributed by atoms with van der Waals surface area (Å²) in [5.41, 5.74) is 7.87. The first-order valence-electron chi connectivity index (χ1n) is 8.90. The SMILES string of the molecule is CN=Cc1cc(-c2ccc3cc(C4(O)CC5(COC5)C4)sc3n2)cnc1N. The summed E-state index contributed by atoms with van der Waals surface area (Å²) < 4.78 is 5.32. The molecule has 5 rings (SSSR count). The van der Waals surface area contributed by atoms with Gasteiger partial charge in [0.1, 0.15) is 16.2 Å². The van der Waals surface area contributed by atoms with Crippen LogP contribution < -0.4 is 5.73 Å². The number of thiophene rings is 1. The van der Waals surface area contributed by atoms with Gasteiger partial charge in [-0.15, -0.1) is 11.3 Å². The smallest absolute Gasteiger partial charge is 0.132 e. The Hall–Kier alpha value is -2.35. The lowest BCUT2D eigenvalue weighted by Gasteiger charge is -2.57. The van der Waals surface area contributed by atoms with Gasteiger partial charge in [0.2, 0.25) is 0 Å². The molecule has 27 heavy (non-hydrogen) atoms. The molecule has 1 saturated heterocycles. The van der Waals surface area contributed by atoms with Crippen molar-refractivity contribution >= 4 is 33.6 Å². The lowest BCUT2D eigenvalue weighted by atomic mass is 9.57. The van der Waals surface area contributed by atoms with Gasteiger partial charge in [0.15, 0.2) is 0 Å². The highest BCUT2D eigenvalue weighted by molar-refractivity contribution is 7.18. The number of rotatable bonds is 3. The number of nitrogens with zero attached hydrogens (tertiary/aromatic N) is 3. The zero-order valence-corrected chi connectivity index (χ0v) is 15.8. The monoisotopic (exact) mass is 380 g/mol. The molecule has 2 aliphatic rings. The van der Waals surface area contributed by atoms with E-state index in [1.807, 2.05) is 18.2 Å². The van der Waals surface area contributed by atoms with Crippen molar-refractivity contribution in [1.82, 2.24) is 9.97 Å². The number of aliphatic hydroxyl groups is 1. The molecule has 3 aromatic rings. The van der Waals surface area contributed by atoms with Crippen molar-refractivity contribution in [1.29, 1.82) is 0 Å². The van der Waals surface area contributed by atoms with Crippen LogP contribution in [0, 0.1) is 5.41 Å². The molecule has 138 valence electrons. The fraction of sp³-hybridized carbons (Fsp3) is 0.350. The molecule has 0 bridgehead atoms. The number of fused-ring (bicyclic) bond motifs is 1. The van der Waals surface area contributed by atoms with Crippen molar-refractivity contribution in [2.45, 2.75) is 18.4 Å². The molecule has 7 heteroatoms. The lowest BCUT2D eigenvalue weighted by molar-refractivity contribution is -0.243. The minimum Gasteiger partial charge on any atom is -0.384 e. The van der Waals surface area contributed by atoms with Gasteiger partial charge >= 0.3 is 0 Å². The third-order valence-corrected chi connectivity index (χ3v) is 6.74. The fourth-order valence-electron chi connectivity index (χ4n) is 4.14. The highest BCUT2D eigenvalue weighted by Gasteiger charge is 2.59. The number of nitrogen functional groups attached to an aromatic ring is 1. The van der Waals surface area contributed by atoms with E-state index in [1.165, 1.54) is 0 Å². The van der Waals surface area contributed by atoms with Crippen molar-refractivity contribution < 1.29 is 9.84 Å². The van der Waals surface area contributed by atoms with E-state index in [4.69, 9.17) is 15.5 Å². The van der Waals surface area contributed by atoms with E-state index < -0.39 is 5.60 Å². The molecule has 2 fully saturated rings. The first kappa shape index (κ1) is 16.8. The Balaban J connectivity index is 1.49. The van der Waals surface area contributed by atoms with E-state index >= 15 is 0 Å². The number of hydrogen-bond donors (Lipinski definition) is 2. The summed E-state index contributed by atoms with van der Waals surface area (Å²) in [5, 5.41) is 12.0. The van der Waals surface area contributed by atoms with Crippen LogP contribution in [0.15, 0.2) is 35.5 Å². The third-order valence-electron chi connectivity index (χ3n) is 5.51. The van der Waals surface area contributed by atoms with Crippen LogP contribution in [0.25, 0.3) is 21.5 Å². The summed E-state index contributed by atoms with van der Waals surface area (Å²) in [5.74, 6) is 0.449. The van der Waals surface area contributed by atoms with Crippen LogP contribution in [-0.2, 0) is 10.3 Å². The van der Waals surface area contributed by atoms with Gasteiger partial charge in [-0.2, -0.15) is 0 Å². The molecule has 0 aromatic carbocycles. The van der Waals surface area contributed by atoms with Gasteiger partial charge in [-0.25, -0.2) is 9.97 Å². The van der Waals surface area contributed by atoms with Crippen molar-refractivity contribution in [3.05, 3.63) is 40.9 Å². The van der Waals surface area contributed by atoms with Gasteiger partial charge in [0, 0.05) is 46.3 Å². The number of ether oxygens (including phenoxy) is 1. The molecule has 1 spiro atoms. The van der Waals surface area contributed by atoms with Crippen molar-refractivity contribution in [2.24, 2.45) is 10.4 Å². The summed E-state index contributed by atoms with van der Waals surface area (Å²) >= 11 is 1.57. The molecule has 6 nitrogen and oxygen atoms in total. The summed E-state index contributed by atoms with van der Waals surface area (Å²) in [4.78, 5) is 15.0. The minimum absolute atomic E-state index is 0.205. The zero-order chi connectivity index (χ0) is 18.6. The maximum absolute atomic E-state index is 11.0. The van der Waals surface area contributed by atoms with Crippen LogP contribution in [-0.4, -0.2) is 41.6 Å². The number of anilines is 1. The third kappa shape index (κ3) is 2.65. The van der Waals surface area contributed by atoms with E-state index in [-0.39, 0.29) is 5.41 Å². The van der Waals surface area contributed by atoms with Crippen LogP contribution in [0.1, 0.15) is 23.3 Å². The number of aliphatic imine (C=N–C) groups is 1. The Morgan fingerprint density at radius 2 is 2.11 bits per heavy atom. The minimum atomic E-state index is -0.733. The van der Waals surface area contributed by atoms with Gasteiger partial charge in [-0.1, -0.05) is 0 Å². The van der Waals surface area contributed by atoms with Crippen molar-refractivity contribution in [2.75, 3.05) is 26.0 Å². The second-order valence-corrected chi connectivity index (χ2v) is 8.70. The number of pyridine rings is 2. The second kappa shape index (κ2) is 5.82. The highest BCUT2D eigenvalue weighted by atomic mass is 32.1. The van der Waals surface area contributed by atoms with Crippen LogP contribution in [0.2, 0.25) is 0 Å². The maximum Gasteiger partial charge on any atom is 0.132 e. The molecule has 4 heterocycles. The van der Waals surface area contributed by atoms with E-state index in [9.17, 15) is 5.11 Å². The topological polar surface area (TPSA) is 93.6 Å². The first-order chi connectivity index (χ1) is 13.0. The molecule has 0 unspecified atom stereocenters. The summed E-state index contributed by atoms with van der Waals surface area (Å²) in [6.07, 6.45) is 4.98.